The van der Waals surface area contributed by atoms with E-state index in [-0.39, 0.29) is 5.91 Å². The summed E-state index contributed by atoms with van der Waals surface area (Å²) in [5.41, 5.74) is 3.39. The molecule has 0 aliphatic carbocycles. The molecule has 4 nitrogen and oxygen atoms in total. The predicted octanol–water partition coefficient (Wildman–Crippen LogP) is 4.68. The Morgan fingerprint density at radius 1 is 1.00 bits per heavy atom. The number of hydrogen-bond acceptors (Lipinski definition) is 3. The van der Waals surface area contributed by atoms with Gasteiger partial charge in [-0.25, -0.2) is 4.98 Å². The maximum atomic E-state index is 12.5. The van der Waals surface area contributed by atoms with Crippen LogP contribution in [0.15, 0.2) is 66.7 Å². The molecule has 1 N–H and O–H groups in total. The van der Waals surface area contributed by atoms with Gasteiger partial charge in [-0.15, -0.1) is 0 Å². The molecule has 2 heterocycles. The fourth-order valence-electron chi connectivity index (χ4n) is 3.03. The van der Waals surface area contributed by atoms with Gasteiger partial charge >= 0.3 is 0 Å². The van der Waals surface area contributed by atoms with E-state index in [1.807, 2.05) is 36.4 Å². The third kappa shape index (κ3) is 3.08. The number of rotatable bonds is 3. The molecule has 0 bridgehead atoms. The number of carbonyl (C=O) groups excluding carboxylic acids is 1. The molecule has 0 saturated heterocycles. The molecule has 2 aromatic carbocycles. The van der Waals surface area contributed by atoms with E-state index >= 15 is 0 Å². The summed E-state index contributed by atoms with van der Waals surface area (Å²) < 4.78 is 0. The summed E-state index contributed by atoms with van der Waals surface area (Å²) in [6.45, 7) is 0.863. The van der Waals surface area contributed by atoms with Crippen molar-refractivity contribution in [2.45, 2.75) is 6.42 Å². The number of benzene rings is 2. The lowest BCUT2D eigenvalue weighted by Gasteiger charge is -2.19. The number of halogens is 1. The standard InChI is InChI=1S/C20H16ClN3O/c21-15-7-2-3-8-16(15)23-20(25)17-9-5-11-19(22-17)24-13-12-14-6-1-4-10-18(14)24/h1-11H,12-13H2,(H,23,25). The van der Waals surface area contributed by atoms with Crippen molar-refractivity contribution in [3.05, 3.63) is 83.0 Å². The van der Waals surface area contributed by atoms with Crippen LogP contribution < -0.4 is 10.2 Å². The molecule has 1 aliphatic heterocycles. The molecule has 0 radical (unpaired) electrons. The highest BCUT2D eigenvalue weighted by Gasteiger charge is 2.21. The summed E-state index contributed by atoms with van der Waals surface area (Å²) in [6.07, 6.45) is 0.980. The van der Waals surface area contributed by atoms with Gasteiger partial charge in [0.05, 0.1) is 10.7 Å². The molecule has 4 rings (SSSR count). The second-order valence-electron chi connectivity index (χ2n) is 5.85. The van der Waals surface area contributed by atoms with Crippen molar-refractivity contribution in [3.63, 3.8) is 0 Å². The lowest BCUT2D eigenvalue weighted by atomic mass is 10.2. The highest BCUT2D eigenvalue weighted by Crippen LogP contribution is 2.33. The molecule has 0 fully saturated rings. The van der Waals surface area contributed by atoms with Crippen LogP contribution in [0.5, 0.6) is 0 Å². The second-order valence-corrected chi connectivity index (χ2v) is 6.25. The number of para-hydroxylation sites is 2. The number of fused-ring (bicyclic) bond motifs is 1. The molecule has 0 spiro atoms. The number of hydrogen-bond donors (Lipinski definition) is 1. The van der Waals surface area contributed by atoms with E-state index in [0.717, 1.165) is 24.5 Å². The summed E-state index contributed by atoms with van der Waals surface area (Å²) in [5, 5.41) is 3.31. The molecule has 1 aliphatic rings. The first-order chi connectivity index (χ1) is 12.2. The summed E-state index contributed by atoms with van der Waals surface area (Å²) in [6, 6.07) is 20.9. The number of nitrogens with one attached hydrogen (secondary N) is 1. The monoisotopic (exact) mass is 349 g/mol. The molecule has 0 unspecified atom stereocenters. The zero-order chi connectivity index (χ0) is 17.2. The number of anilines is 3. The number of amides is 1. The number of pyridine rings is 1. The normalized spacial score (nSPS) is 12.8. The number of aromatic nitrogens is 1. The molecular formula is C20H16ClN3O. The summed E-state index contributed by atoms with van der Waals surface area (Å²) in [4.78, 5) is 19.2. The van der Waals surface area contributed by atoms with Crippen molar-refractivity contribution in [2.75, 3.05) is 16.8 Å². The van der Waals surface area contributed by atoms with Crippen molar-refractivity contribution >= 4 is 34.7 Å². The van der Waals surface area contributed by atoms with Gasteiger partial charge in [0.2, 0.25) is 0 Å². The fraction of sp³-hybridized carbons (Fsp3) is 0.100. The van der Waals surface area contributed by atoms with Crippen LogP contribution in [0.1, 0.15) is 16.1 Å². The summed E-state index contributed by atoms with van der Waals surface area (Å²) >= 11 is 6.10. The van der Waals surface area contributed by atoms with E-state index in [9.17, 15) is 4.79 Å². The van der Waals surface area contributed by atoms with Gasteiger partial charge in [-0.1, -0.05) is 48.0 Å². The van der Waals surface area contributed by atoms with Gasteiger partial charge in [-0.3, -0.25) is 4.79 Å². The maximum Gasteiger partial charge on any atom is 0.274 e. The Hall–Kier alpha value is -2.85. The summed E-state index contributed by atoms with van der Waals surface area (Å²) in [5.74, 6) is 0.499. The minimum Gasteiger partial charge on any atom is -0.326 e. The van der Waals surface area contributed by atoms with E-state index in [4.69, 9.17) is 11.6 Å². The van der Waals surface area contributed by atoms with Crippen LogP contribution in [0.25, 0.3) is 0 Å². The number of carbonyl (C=O) groups is 1. The maximum absolute atomic E-state index is 12.5. The second kappa shape index (κ2) is 6.57. The Bertz CT molecular complexity index is 941. The lowest BCUT2D eigenvalue weighted by molar-refractivity contribution is 0.102. The van der Waals surface area contributed by atoms with Crippen molar-refractivity contribution in [1.82, 2.24) is 4.98 Å². The SMILES string of the molecule is O=C(Nc1ccccc1Cl)c1cccc(N2CCc3ccccc32)n1. The van der Waals surface area contributed by atoms with Gasteiger partial charge in [0.1, 0.15) is 11.5 Å². The topological polar surface area (TPSA) is 45.2 Å². The van der Waals surface area contributed by atoms with Crippen LogP contribution in [0.4, 0.5) is 17.2 Å². The van der Waals surface area contributed by atoms with Crippen LogP contribution in [0, 0.1) is 0 Å². The molecule has 1 aromatic heterocycles. The van der Waals surface area contributed by atoms with Crippen LogP contribution >= 0.6 is 11.6 Å². The van der Waals surface area contributed by atoms with Crippen LogP contribution in [-0.2, 0) is 6.42 Å². The summed E-state index contributed by atoms with van der Waals surface area (Å²) in [7, 11) is 0. The first-order valence-corrected chi connectivity index (χ1v) is 8.48. The van der Waals surface area contributed by atoms with Gasteiger partial charge in [0, 0.05) is 12.2 Å². The average molecular weight is 350 g/mol. The van der Waals surface area contributed by atoms with Crippen molar-refractivity contribution in [2.24, 2.45) is 0 Å². The molecule has 124 valence electrons. The van der Waals surface area contributed by atoms with Crippen molar-refractivity contribution in [3.8, 4) is 0 Å². The van der Waals surface area contributed by atoms with E-state index in [0.29, 0.717) is 16.4 Å². The Labute approximate surface area is 151 Å². The quantitative estimate of drug-likeness (QED) is 0.746. The zero-order valence-electron chi connectivity index (χ0n) is 13.4. The van der Waals surface area contributed by atoms with Gasteiger partial charge in [-0.05, 0) is 42.3 Å². The van der Waals surface area contributed by atoms with Gasteiger partial charge in [0.15, 0.2) is 0 Å². The van der Waals surface area contributed by atoms with Crippen molar-refractivity contribution < 1.29 is 4.79 Å². The molecule has 5 heteroatoms. The first-order valence-electron chi connectivity index (χ1n) is 8.11. The highest BCUT2D eigenvalue weighted by molar-refractivity contribution is 6.33. The Morgan fingerprint density at radius 2 is 1.80 bits per heavy atom. The average Bonchev–Trinajstić information content (AvgIpc) is 3.08. The fourth-order valence-corrected chi connectivity index (χ4v) is 3.21. The third-order valence-corrected chi connectivity index (χ3v) is 4.58. The van der Waals surface area contributed by atoms with Crippen molar-refractivity contribution in [1.29, 1.82) is 0 Å². The first kappa shape index (κ1) is 15.7. The van der Waals surface area contributed by atoms with Gasteiger partial charge < -0.3 is 10.2 Å². The highest BCUT2D eigenvalue weighted by atomic mass is 35.5. The van der Waals surface area contributed by atoms with E-state index in [1.54, 1.807) is 18.2 Å². The predicted molar refractivity (Wildman–Crippen MR) is 101 cm³/mol. The molecular weight excluding hydrogens is 334 g/mol. The Balaban J connectivity index is 1.60. The van der Waals surface area contributed by atoms with Crippen LogP contribution in [0.3, 0.4) is 0 Å². The van der Waals surface area contributed by atoms with Gasteiger partial charge in [-0.2, -0.15) is 0 Å². The Morgan fingerprint density at radius 3 is 2.68 bits per heavy atom. The molecule has 1 amide bonds. The van der Waals surface area contributed by atoms with E-state index in [1.165, 1.54) is 5.56 Å². The van der Waals surface area contributed by atoms with E-state index < -0.39 is 0 Å². The molecule has 25 heavy (non-hydrogen) atoms. The number of nitrogens with zero attached hydrogens (tertiary/aromatic N) is 2. The molecule has 0 saturated carbocycles. The largest absolute Gasteiger partial charge is 0.326 e. The third-order valence-electron chi connectivity index (χ3n) is 4.25. The van der Waals surface area contributed by atoms with E-state index in [2.05, 4.69) is 27.3 Å². The smallest absolute Gasteiger partial charge is 0.274 e. The Kier molecular flexibility index (Phi) is 4.12. The minimum atomic E-state index is -0.276. The van der Waals surface area contributed by atoms with Crippen LogP contribution in [0.2, 0.25) is 5.02 Å². The zero-order valence-corrected chi connectivity index (χ0v) is 14.2. The van der Waals surface area contributed by atoms with Gasteiger partial charge in [0.25, 0.3) is 5.91 Å². The van der Waals surface area contributed by atoms with Crippen LogP contribution in [-0.4, -0.2) is 17.4 Å². The lowest BCUT2D eigenvalue weighted by Crippen LogP contribution is -2.18. The molecule has 3 aromatic rings. The molecule has 0 atom stereocenters. The minimum absolute atomic E-state index is 0.276.